The average molecular weight is 288 g/mol. The van der Waals surface area contributed by atoms with Gasteiger partial charge in [0, 0.05) is 31.9 Å². The first-order valence-electron chi connectivity index (χ1n) is 6.74. The molecule has 1 aromatic carbocycles. The number of nitriles is 1. The van der Waals surface area contributed by atoms with Gasteiger partial charge in [0.05, 0.1) is 0 Å². The largest absolute Gasteiger partial charge is 0.368 e. The number of anilines is 1. The van der Waals surface area contributed by atoms with Crippen molar-refractivity contribution in [3.63, 3.8) is 0 Å². The fraction of sp³-hybridized carbons (Fsp3) is 0.467. The third kappa shape index (κ3) is 3.07. The molecule has 4 nitrogen and oxygen atoms in total. The van der Waals surface area contributed by atoms with Gasteiger partial charge in [0.2, 0.25) is 6.19 Å². The summed E-state index contributed by atoms with van der Waals surface area (Å²) in [4.78, 5) is 8.52. The Kier molecular flexibility index (Phi) is 4.91. The molecule has 0 saturated carbocycles. The molecule has 0 unspecified atom stereocenters. The van der Waals surface area contributed by atoms with Crippen molar-refractivity contribution < 1.29 is 0 Å². The zero-order chi connectivity index (χ0) is 14.5. The van der Waals surface area contributed by atoms with E-state index in [2.05, 4.69) is 46.8 Å². The molecule has 0 bridgehead atoms. The molecular formula is C15H20N4S. The number of nitrogens with zero attached hydrogens (tertiary/aromatic N) is 4. The Morgan fingerprint density at radius 1 is 1.20 bits per heavy atom. The minimum atomic E-state index is 0.827. The van der Waals surface area contributed by atoms with Crippen LogP contribution in [0.25, 0.3) is 0 Å². The van der Waals surface area contributed by atoms with Crippen LogP contribution < -0.4 is 4.90 Å². The van der Waals surface area contributed by atoms with Gasteiger partial charge in [-0.15, -0.1) is 4.99 Å². The maximum Gasteiger partial charge on any atom is 0.208 e. The number of rotatable bonds is 1. The van der Waals surface area contributed by atoms with E-state index < -0.39 is 0 Å². The number of hydrogen-bond donors (Lipinski definition) is 0. The molecule has 1 heterocycles. The highest BCUT2D eigenvalue weighted by atomic mass is 32.2. The third-order valence-electron chi connectivity index (χ3n) is 3.63. The number of thioether (sulfide) groups is 1. The molecule has 0 aromatic heterocycles. The molecule has 1 aromatic rings. The third-order valence-corrected chi connectivity index (χ3v) is 4.35. The Morgan fingerprint density at radius 2 is 1.80 bits per heavy atom. The number of aliphatic imine (C=N–C) groups is 1. The van der Waals surface area contributed by atoms with Crippen molar-refractivity contribution in [2.75, 3.05) is 37.3 Å². The fourth-order valence-corrected chi connectivity index (χ4v) is 3.29. The van der Waals surface area contributed by atoms with E-state index in [4.69, 9.17) is 5.26 Å². The van der Waals surface area contributed by atoms with Gasteiger partial charge in [0.1, 0.15) is 0 Å². The van der Waals surface area contributed by atoms with Crippen LogP contribution in [0.2, 0.25) is 0 Å². The highest BCUT2D eigenvalue weighted by molar-refractivity contribution is 8.13. The van der Waals surface area contributed by atoms with Gasteiger partial charge in [-0.25, -0.2) is 0 Å². The van der Waals surface area contributed by atoms with Crippen LogP contribution in [0.4, 0.5) is 5.69 Å². The van der Waals surface area contributed by atoms with Crippen molar-refractivity contribution in [3.8, 4) is 6.19 Å². The van der Waals surface area contributed by atoms with Crippen LogP contribution in [0.3, 0.4) is 0 Å². The Bertz CT molecular complexity index is 519. The van der Waals surface area contributed by atoms with E-state index in [0.29, 0.717) is 0 Å². The summed E-state index contributed by atoms with van der Waals surface area (Å²) in [5.41, 5.74) is 4.01. The molecule has 1 saturated heterocycles. The number of hydrogen-bond acceptors (Lipinski definition) is 4. The number of aryl methyl sites for hydroxylation is 2. The second kappa shape index (κ2) is 6.67. The summed E-state index contributed by atoms with van der Waals surface area (Å²) in [6.45, 7) is 8.09. The molecule has 106 valence electrons. The summed E-state index contributed by atoms with van der Waals surface area (Å²) in [5.74, 6) is 0. The van der Waals surface area contributed by atoms with Crippen LogP contribution in [0.15, 0.2) is 23.2 Å². The quantitative estimate of drug-likeness (QED) is 0.452. The second-order valence-corrected chi connectivity index (χ2v) is 5.69. The zero-order valence-corrected chi connectivity index (χ0v) is 13.1. The van der Waals surface area contributed by atoms with Gasteiger partial charge in [0.25, 0.3) is 0 Å². The Balaban J connectivity index is 2.09. The van der Waals surface area contributed by atoms with Crippen molar-refractivity contribution >= 4 is 22.6 Å². The molecule has 20 heavy (non-hydrogen) atoms. The van der Waals surface area contributed by atoms with Crippen LogP contribution in [0.5, 0.6) is 0 Å². The SMILES string of the molecule is CSC(=NC#N)N1CCN(c2c(C)cccc2C)CC1. The second-order valence-electron chi connectivity index (χ2n) is 4.91. The van der Waals surface area contributed by atoms with E-state index in [1.807, 2.05) is 12.4 Å². The summed E-state index contributed by atoms with van der Waals surface area (Å²) in [7, 11) is 0. The lowest BCUT2D eigenvalue weighted by atomic mass is 10.1. The van der Waals surface area contributed by atoms with Gasteiger partial charge < -0.3 is 9.80 Å². The summed E-state index contributed by atoms with van der Waals surface area (Å²) < 4.78 is 0. The van der Waals surface area contributed by atoms with Crippen LogP contribution in [0.1, 0.15) is 11.1 Å². The van der Waals surface area contributed by atoms with Crippen molar-refractivity contribution in [2.45, 2.75) is 13.8 Å². The van der Waals surface area contributed by atoms with E-state index >= 15 is 0 Å². The fourth-order valence-electron chi connectivity index (χ4n) is 2.71. The van der Waals surface area contributed by atoms with E-state index in [-0.39, 0.29) is 0 Å². The van der Waals surface area contributed by atoms with E-state index in [1.54, 1.807) is 0 Å². The van der Waals surface area contributed by atoms with Crippen LogP contribution >= 0.6 is 11.8 Å². The maximum absolute atomic E-state index is 8.71. The van der Waals surface area contributed by atoms with Crippen molar-refractivity contribution in [3.05, 3.63) is 29.3 Å². The Hall–Kier alpha value is -1.67. The smallest absolute Gasteiger partial charge is 0.208 e. The number of piperazine rings is 1. The number of benzene rings is 1. The lowest BCUT2D eigenvalue weighted by molar-refractivity contribution is 0.392. The molecule has 2 rings (SSSR count). The van der Waals surface area contributed by atoms with Crippen molar-refractivity contribution in [2.24, 2.45) is 4.99 Å². The van der Waals surface area contributed by atoms with Gasteiger partial charge in [-0.1, -0.05) is 30.0 Å². The molecule has 0 aliphatic carbocycles. The van der Waals surface area contributed by atoms with Gasteiger partial charge in [-0.3, -0.25) is 0 Å². The summed E-state index contributed by atoms with van der Waals surface area (Å²) in [6, 6.07) is 6.44. The van der Waals surface area contributed by atoms with Crippen LogP contribution in [-0.4, -0.2) is 42.5 Å². The first-order valence-corrected chi connectivity index (χ1v) is 7.96. The number of para-hydroxylation sites is 1. The summed E-state index contributed by atoms with van der Waals surface area (Å²) in [5, 5.41) is 9.54. The molecule has 1 fully saturated rings. The molecule has 0 spiro atoms. The molecule has 5 heteroatoms. The van der Waals surface area contributed by atoms with E-state index in [9.17, 15) is 0 Å². The monoisotopic (exact) mass is 288 g/mol. The van der Waals surface area contributed by atoms with Crippen molar-refractivity contribution in [1.29, 1.82) is 5.26 Å². The van der Waals surface area contributed by atoms with E-state index in [1.165, 1.54) is 28.6 Å². The van der Waals surface area contributed by atoms with Crippen molar-refractivity contribution in [1.82, 2.24) is 4.90 Å². The van der Waals surface area contributed by atoms with Crippen LogP contribution in [-0.2, 0) is 0 Å². The minimum absolute atomic E-state index is 0.827. The van der Waals surface area contributed by atoms with E-state index in [0.717, 1.165) is 31.3 Å². The predicted octanol–water partition coefficient (Wildman–Crippen LogP) is 2.63. The molecular weight excluding hydrogens is 268 g/mol. The zero-order valence-electron chi connectivity index (χ0n) is 12.3. The highest BCUT2D eigenvalue weighted by Crippen LogP contribution is 2.26. The normalized spacial score (nSPS) is 16.2. The summed E-state index contributed by atoms with van der Waals surface area (Å²) >= 11 is 1.54. The lowest BCUT2D eigenvalue weighted by Crippen LogP contribution is -2.48. The molecule has 1 aliphatic heterocycles. The molecule has 0 amide bonds. The molecule has 0 radical (unpaired) electrons. The maximum atomic E-state index is 8.71. The first kappa shape index (κ1) is 14.7. The lowest BCUT2D eigenvalue weighted by Gasteiger charge is -2.38. The Labute approximate surface area is 125 Å². The van der Waals surface area contributed by atoms with Gasteiger partial charge in [-0.2, -0.15) is 5.26 Å². The molecule has 0 atom stereocenters. The Morgan fingerprint density at radius 3 is 2.30 bits per heavy atom. The summed E-state index contributed by atoms with van der Waals surface area (Å²) in [6.07, 6.45) is 3.86. The predicted molar refractivity (Wildman–Crippen MR) is 86.3 cm³/mol. The van der Waals surface area contributed by atoms with Gasteiger partial charge in [0.15, 0.2) is 5.17 Å². The van der Waals surface area contributed by atoms with Gasteiger partial charge >= 0.3 is 0 Å². The highest BCUT2D eigenvalue weighted by Gasteiger charge is 2.21. The number of amidine groups is 1. The van der Waals surface area contributed by atoms with Crippen LogP contribution in [0, 0.1) is 25.3 Å². The van der Waals surface area contributed by atoms with Gasteiger partial charge in [-0.05, 0) is 31.2 Å². The molecule has 1 aliphatic rings. The average Bonchev–Trinajstić information content (AvgIpc) is 2.45. The first-order chi connectivity index (χ1) is 9.67. The molecule has 0 N–H and O–H groups in total. The minimum Gasteiger partial charge on any atom is -0.368 e. The standard InChI is InChI=1S/C15H20N4S/c1-12-5-4-6-13(2)14(12)18-7-9-19(10-8-18)15(20-3)17-11-16/h4-6H,7-10H2,1-3H3. The topological polar surface area (TPSA) is 42.6 Å².